The van der Waals surface area contributed by atoms with Crippen molar-refractivity contribution in [3.05, 3.63) is 29.6 Å². The van der Waals surface area contributed by atoms with Crippen LogP contribution in [0.15, 0.2) is 18.2 Å². The molecular weight excluding hydrogens is 251 g/mol. The summed E-state index contributed by atoms with van der Waals surface area (Å²) in [6, 6.07) is 5.00. The molecular formula is C13H17FN2OS. The van der Waals surface area contributed by atoms with Crippen LogP contribution in [0.25, 0.3) is 0 Å². The zero-order valence-electron chi connectivity index (χ0n) is 10.3. The maximum atomic E-state index is 13.6. The zero-order valence-corrected chi connectivity index (χ0v) is 11.1. The maximum absolute atomic E-state index is 13.6. The number of thiocarbonyl (C=S) groups is 1. The third-order valence-electron chi connectivity index (χ3n) is 2.89. The number of rotatable bonds is 3. The second-order valence-corrected chi connectivity index (χ2v) is 4.86. The molecule has 0 radical (unpaired) electrons. The second-order valence-electron chi connectivity index (χ2n) is 4.45. The van der Waals surface area contributed by atoms with Crippen molar-refractivity contribution in [2.45, 2.75) is 25.9 Å². The molecule has 0 aromatic heterocycles. The van der Waals surface area contributed by atoms with Crippen LogP contribution in [-0.4, -0.2) is 24.4 Å². The minimum absolute atomic E-state index is 0.215. The molecule has 1 fully saturated rings. The van der Waals surface area contributed by atoms with Gasteiger partial charge in [0, 0.05) is 13.2 Å². The molecule has 2 rings (SSSR count). The van der Waals surface area contributed by atoms with Crippen molar-refractivity contribution in [2.24, 2.45) is 0 Å². The van der Waals surface area contributed by atoms with Crippen LogP contribution < -0.4 is 10.6 Å². The fourth-order valence-corrected chi connectivity index (χ4v) is 2.09. The summed E-state index contributed by atoms with van der Waals surface area (Å²) < 4.78 is 19.0. The van der Waals surface area contributed by atoms with Crippen molar-refractivity contribution in [1.29, 1.82) is 0 Å². The standard InChI is InChI=1S/C13H17FN2OS/c1-9-4-5-12(11(14)7-9)16-13(18)15-8-10-3-2-6-17-10/h4-5,7,10H,2-3,6,8H2,1H3,(H2,15,16,18)/t10-/m1/s1. The summed E-state index contributed by atoms with van der Waals surface area (Å²) >= 11 is 5.12. The van der Waals surface area contributed by atoms with E-state index in [1.165, 1.54) is 6.07 Å². The lowest BCUT2D eigenvalue weighted by Crippen LogP contribution is -2.35. The molecule has 1 aliphatic rings. The molecule has 0 bridgehead atoms. The fourth-order valence-electron chi connectivity index (χ4n) is 1.90. The molecule has 5 heteroatoms. The molecule has 98 valence electrons. The first kappa shape index (κ1) is 13.2. The van der Waals surface area contributed by atoms with Crippen molar-refractivity contribution in [2.75, 3.05) is 18.5 Å². The van der Waals surface area contributed by atoms with E-state index in [4.69, 9.17) is 17.0 Å². The summed E-state index contributed by atoms with van der Waals surface area (Å²) in [5.41, 5.74) is 1.28. The Hall–Kier alpha value is -1.20. The SMILES string of the molecule is Cc1ccc(NC(=S)NC[C@H]2CCCO2)c(F)c1. The molecule has 1 heterocycles. The minimum atomic E-state index is -0.295. The van der Waals surface area contributed by atoms with E-state index >= 15 is 0 Å². The Labute approximate surface area is 112 Å². The average Bonchev–Trinajstić information content (AvgIpc) is 2.83. The van der Waals surface area contributed by atoms with Gasteiger partial charge in [-0.1, -0.05) is 6.07 Å². The first-order valence-electron chi connectivity index (χ1n) is 6.08. The van der Waals surface area contributed by atoms with Crippen molar-refractivity contribution in [3.63, 3.8) is 0 Å². The largest absolute Gasteiger partial charge is 0.376 e. The van der Waals surface area contributed by atoms with Crippen LogP contribution in [0.5, 0.6) is 0 Å². The lowest BCUT2D eigenvalue weighted by molar-refractivity contribution is 0.114. The molecule has 1 aromatic carbocycles. The van der Waals surface area contributed by atoms with E-state index in [1.807, 2.05) is 13.0 Å². The molecule has 1 aliphatic heterocycles. The Balaban J connectivity index is 1.82. The third kappa shape index (κ3) is 3.65. The van der Waals surface area contributed by atoms with Crippen LogP contribution >= 0.6 is 12.2 Å². The Kier molecular flexibility index (Phi) is 4.49. The van der Waals surface area contributed by atoms with Crippen LogP contribution in [0.3, 0.4) is 0 Å². The van der Waals surface area contributed by atoms with Gasteiger partial charge in [-0.25, -0.2) is 4.39 Å². The van der Waals surface area contributed by atoms with Gasteiger partial charge in [0.1, 0.15) is 5.82 Å². The van der Waals surface area contributed by atoms with Crippen LogP contribution in [0.2, 0.25) is 0 Å². The number of anilines is 1. The number of ether oxygens (including phenoxy) is 1. The van der Waals surface area contributed by atoms with Crippen LogP contribution in [0, 0.1) is 12.7 Å². The molecule has 3 nitrogen and oxygen atoms in total. The first-order chi connectivity index (χ1) is 8.65. The highest BCUT2D eigenvalue weighted by atomic mass is 32.1. The molecule has 0 saturated carbocycles. The maximum Gasteiger partial charge on any atom is 0.170 e. The summed E-state index contributed by atoms with van der Waals surface area (Å²) in [4.78, 5) is 0. The highest BCUT2D eigenvalue weighted by Gasteiger charge is 2.15. The molecule has 0 unspecified atom stereocenters. The highest BCUT2D eigenvalue weighted by molar-refractivity contribution is 7.80. The zero-order chi connectivity index (χ0) is 13.0. The number of aryl methyl sites for hydroxylation is 1. The lowest BCUT2D eigenvalue weighted by atomic mass is 10.2. The first-order valence-corrected chi connectivity index (χ1v) is 6.48. The summed E-state index contributed by atoms with van der Waals surface area (Å²) in [6.07, 6.45) is 2.36. The second kappa shape index (κ2) is 6.11. The van der Waals surface area contributed by atoms with E-state index in [-0.39, 0.29) is 11.9 Å². The van der Waals surface area contributed by atoms with E-state index in [1.54, 1.807) is 6.07 Å². The normalized spacial score (nSPS) is 18.7. The van der Waals surface area contributed by atoms with E-state index in [9.17, 15) is 4.39 Å². The summed E-state index contributed by atoms with van der Waals surface area (Å²) in [5, 5.41) is 6.32. The van der Waals surface area contributed by atoms with E-state index in [0.29, 0.717) is 17.3 Å². The van der Waals surface area contributed by atoms with Gasteiger partial charge in [0.2, 0.25) is 0 Å². The Morgan fingerprint density at radius 3 is 3.06 bits per heavy atom. The predicted octanol–water partition coefficient (Wildman–Crippen LogP) is 2.60. The minimum Gasteiger partial charge on any atom is -0.376 e. The predicted molar refractivity (Wildman–Crippen MR) is 74.3 cm³/mol. The number of hydrogen-bond donors (Lipinski definition) is 2. The molecule has 1 aromatic rings. The molecule has 18 heavy (non-hydrogen) atoms. The van der Waals surface area contributed by atoms with Gasteiger partial charge in [0.05, 0.1) is 11.8 Å². The summed E-state index contributed by atoms with van der Waals surface area (Å²) in [7, 11) is 0. The highest BCUT2D eigenvalue weighted by Crippen LogP contribution is 2.15. The molecule has 1 saturated heterocycles. The van der Waals surface area contributed by atoms with Gasteiger partial charge >= 0.3 is 0 Å². The molecule has 0 amide bonds. The smallest absolute Gasteiger partial charge is 0.170 e. The molecule has 2 N–H and O–H groups in total. The van der Waals surface area contributed by atoms with Gasteiger partial charge in [-0.15, -0.1) is 0 Å². The van der Waals surface area contributed by atoms with Crippen molar-refractivity contribution in [1.82, 2.24) is 5.32 Å². The van der Waals surface area contributed by atoms with Gasteiger partial charge in [-0.3, -0.25) is 0 Å². The molecule has 1 atom stereocenters. The summed E-state index contributed by atoms with van der Waals surface area (Å²) in [6.45, 7) is 3.33. The van der Waals surface area contributed by atoms with E-state index in [0.717, 1.165) is 25.0 Å². The lowest BCUT2D eigenvalue weighted by Gasteiger charge is -2.14. The van der Waals surface area contributed by atoms with Gasteiger partial charge in [0.25, 0.3) is 0 Å². The number of nitrogens with one attached hydrogen (secondary N) is 2. The quantitative estimate of drug-likeness (QED) is 0.826. The van der Waals surface area contributed by atoms with Gasteiger partial charge in [0.15, 0.2) is 5.11 Å². The van der Waals surface area contributed by atoms with Gasteiger partial charge in [-0.05, 0) is 49.7 Å². The summed E-state index contributed by atoms with van der Waals surface area (Å²) in [5.74, 6) is -0.295. The average molecular weight is 268 g/mol. The Morgan fingerprint density at radius 2 is 2.39 bits per heavy atom. The van der Waals surface area contributed by atoms with Crippen molar-refractivity contribution >= 4 is 23.0 Å². The van der Waals surface area contributed by atoms with Crippen LogP contribution in [0.1, 0.15) is 18.4 Å². The number of benzene rings is 1. The monoisotopic (exact) mass is 268 g/mol. The third-order valence-corrected chi connectivity index (χ3v) is 3.13. The number of hydrogen-bond acceptors (Lipinski definition) is 2. The van der Waals surface area contributed by atoms with Crippen molar-refractivity contribution in [3.8, 4) is 0 Å². The van der Waals surface area contributed by atoms with Crippen molar-refractivity contribution < 1.29 is 9.13 Å². The fraction of sp³-hybridized carbons (Fsp3) is 0.462. The van der Waals surface area contributed by atoms with Gasteiger partial charge in [-0.2, -0.15) is 0 Å². The Morgan fingerprint density at radius 1 is 1.56 bits per heavy atom. The van der Waals surface area contributed by atoms with Crippen LogP contribution in [-0.2, 0) is 4.74 Å². The number of halogens is 1. The van der Waals surface area contributed by atoms with E-state index in [2.05, 4.69) is 10.6 Å². The molecule has 0 spiro atoms. The van der Waals surface area contributed by atoms with E-state index < -0.39 is 0 Å². The van der Waals surface area contributed by atoms with Gasteiger partial charge < -0.3 is 15.4 Å². The topological polar surface area (TPSA) is 33.3 Å². The Bertz CT molecular complexity index is 433. The molecule has 0 aliphatic carbocycles. The van der Waals surface area contributed by atoms with Crippen LogP contribution in [0.4, 0.5) is 10.1 Å².